The Hall–Kier alpha value is -2.25. The maximum Gasteiger partial charge on any atom is 0.248 e. The Labute approximate surface area is 165 Å². The smallest absolute Gasteiger partial charge is 0.248 e. The van der Waals surface area contributed by atoms with Crippen LogP contribution in [0.2, 0.25) is 5.02 Å². The highest BCUT2D eigenvalue weighted by Gasteiger charge is 2.30. The zero-order valence-corrected chi connectivity index (χ0v) is 17.3. The average molecular weight is 411 g/mol. The van der Waals surface area contributed by atoms with E-state index in [4.69, 9.17) is 16.3 Å². The molecule has 0 heterocycles. The fraction of sp³-hybridized carbons (Fsp3) is 0.316. The standard InChI is InChI=1S/C19H23ClN2O4S/c1-5-14-8-6-7-9-17(14)21-19(23)13(2)22(27(4,24)25)15-10-11-18(26-3)16(20)12-15/h6-13H,5H2,1-4H3,(H,21,23)/t13-/m1/s1. The third-order valence-electron chi connectivity index (χ3n) is 4.13. The molecule has 0 radical (unpaired) electrons. The quantitative estimate of drug-likeness (QED) is 0.755. The molecule has 27 heavy (non-hydrogen) atoms. The summed E-state index contributed by atoms with van der Waals surface area (Å²) in [6, 6.07) is 11.0. The molecule has 0 aliphatic carbocycles. The Kier molecular flexibility index (Phi) is 6.73. The molecule has 1 N–H and O–H groups in total. The van der Waals surface area contributed by atoms with Crippen molar-refractivity contribution in [2.24, 2.45) is 0 Å². The molecule has 6 nitrogen and oxygen atoms in total. The van der Waals surface area contributed by atoms with Gasteiger partial charge in [-0.05, 0) is 43.2 Å². The molecule has 0 unspecified atom stereocenters. The van der Waals surface area contributed by atoms with Gasteiger partial charge in [-0.2, -0.15) is 0 Å². The van der Waals surface area contributed by atoms with Gasteiger partial charge in [0.2, 0.25) is 15.9 Å². The zero-order chi connectivity index (χ0) is 20.2. The maximum atomic E-state index is 12.8. The van der Waals surface area contributed by atoms with E-state index >= 15 is 0 Å². The predicted molar refractivity (Wildman–Crippen MR) is 109 cm³/mol. The first-order valence-electron chi connectivity index (χ1n) is 8.40. The molecule has 8 heteroatoms. The van der Waals surface area contributed by atoms with E-state index in [2.05, 4.69) is 5.32 Å². The van der Waals surface area contributed by atoms with Crippen LogP contribution in [0.25, 0.3) is 0 Å². The monoisotopic (exact) mass is 410 g/mol. The van der Waals surface area contributed by atoms with E-state index in [1.807, 2.05) is 25.1 Å². The molecule has 0 bridgehead atoms. The molecule has 1 atom stereocenters. The number of aryl methyl sites for hydroxylation is 1. The summed E-state index contributed by atoms with van der Waals surface area (Å²) in [6.07, 6.45) is 1.80. The van der Waals surface area contributed by atoms with E-state index in [-0.39, 0.29) is 10.7 Å². The predicted octanol–water partition coefficient (Wildman–Crippen LogP) is 3.70. The minimum absolute atomic E-state index is 0.257. The van der Waals surface area contributed by atoms with Crippen molar-refractivity contribution in [3.8, 4) is 5.75 Å². The van der Waals surface area contributed by atoms with Crippen molar-refractivity contribution in [2.75, 3.05) is 23.0 Å². The summed E-state index contributed by atoms with van der Waals surface area (Å²) in [7, 11) is -2.26. The van der Waals surface area contributed by atoms with Gasteiger partial charge in [0.05, 0.1) is 24.1 Å². The molecule has 0 spiro atoms. The van der Waals surface area contributed by atoms with E-state index < -0.39 is 22.0 Å². The fourth-order valence-electron chi connectivity index (χ4n) is 2.79. The lowest BCUT2D eigenvalue weighted by Crippen LogP contribution is -2.45. The van der Waals surface area contributed by atoms with Gasteiger partial charge in [0.15, 0.2) is 0 Å². The Morgan fingerprint density at radius 2 is 1.93 bits per heavy atom. The number of nitrogens with one attached hydrogen (secondary N) is 1. The minimum atomic E-state index is -3.73. The summed E-state index contributed by atoms with van der Waals surface area (Å²) in [5, 5.41) is 3.08. The number of halogens is 1. The molecule has 2 aromatic rings. The zero-order valence-electron chi connectivity index (χ0n) is 15.7. The van der Waals surface area contributed by atoms with E-state index in [0.29, 0.717) is 11.4 Å². The Balaban J connectivity index is 2.36. The summed E-state index contributed by atoms with van der Waals surface area (Å²) in [6.45, 7) is 3.51. The number of amides is 1. The normalized spacial score (nSPS) is 12.3. The van der Waals surface area contributed by atoms with Crippen LogP contribution in [0.5, 0.6) is 5.75 Å². The van der Waals surface area contributed by atoms with E-state index in [9.17, 15) is 13.2 Å². The van der Waals surface area contributed by atoms with Crippen molar-refractivity contribution in [2.45, 2.75) is 26.3 Å². The Morgan fingerprint density at radius 3 is 2.48 bits per heavy atom. The topological polar surface area (TPSA) is 75.7 Å². The lowest BCUT2D eigenvalue weighted by Gasteiger charge is -2.28. The molecular weight excluding hydrogens is 388 g/mol. The molecule has 2 rings (SSSR count). The second kappa shape index (κ2) is 8.63. The first-order valence-corrected chi connectivity index (χ1v) is 10.6. The molecule has 1 amide bonds. The summed E-state index contributed by atoms with van der Waals surface area (Å²) < 4.78 is 30.9. The van der Waals surface area contributed by atoms with Gasteiger partial charge in [0, 0.05) is 5.69 Å². The molecule has 0 aliphatic rings. The number of methoxy groups -OCH3 is 1. The highest BCUT2D eigenvalue weighted by Crippen LogP contribution is 2.31. The first-order chi connectivity index (χ1) is 12.7. The van der Waals surface area contributed by atoms with Crippen LogP contribution in [-0.2, 0) is 21.2 Å². The Bertz CT molecular complexity index is 931. The van der Waals surface area contributed by atoms with Crippen LogP contribution < -0.4 is 14.4 Å². The van der Waals surface area contributed by atoms with Crippen LogP contribution >= 0.6 is 11.6 Å². The van der Waals surface area contributed by atoms with Gasteiger partial charge in [-0.1, -0.05) is 36.7 Å². The van der Waals surface area contributed by atoms with E-state index in [1.54, 1.807) is 18.2 Å². The first kappa shape index (κ1) is 21.1. The number of sulfonamides is 1. The Morgan fingerprint density at radius 1 is 1.26 bits per heavy atom. The van der Waals surface area contributed by atoms with Crippen molar-refractivity contribution in [1.82, 2.24) is 0 Å². The number of hydrogen-bond donors (Lipinski definition) is 1. The van der Waals surface area contributed by atoms with Gasteiger partial charge in [0.1, 0.15) is 11.8 Å². The maximum absolute atomic E-state index is 12.8. The number of para-hydroxylation sites is 1. The number of benzene rings is 2. The average Bonchev–Trinajstić information content (AvgIpc) is 2.61. The number of hydrogen-bond acceptors (Lipinski definition) is 4. The van der Waals surface area contributed by atoms with Gasteiger partial charge in [-0.15, -0.1) is 0 Å². The second-order valence-electron chi connectivity index (χ2n) is 6.05. The molecule has 0 saturated carbocycles. The van der Waals surface area contributed by atoms with Crippen LogP contribution in [0.4, 0.5) is 11.4 Å². The van der Waals surface area contributed by atoms with E-state index in [1.165, 1.54) is 20.1 Å². The largest absolute Gasteiger partial charge is 0.495 e. The van der Waals surface area contributed by atoms with Crippen molar-refractivity contribution in [3.63, 3.8) is 0 Å². The lowest BCUT2D eigenvalue weighted by atomic mass is 10.1. The van der Waals surface area contributed by atoms with Crippen LogP contribution in [0.3, 0.4) is 0 Å². The number of carbonyl (C=O) groups excluding carboxylic acids is 1. The summed E-state index contributed by atoms with van der Waals surface area (Å²) in [5.74, 6) is -0.0175. The molecular formula is C19H23ClN2O4S. The molecule has 0 aromatic heterocycles. The SMILES string of the molecule is CCc1ccccc1NC(=O)[C@@H](C)N(c1ccc(OC)c(Cl)c1)S(C)(=O)=O. The van der Waals surface area contributed by atoms with Crippen molar-refractivity contribution < 1.29 is 17.9 Å². The van der Waals surface area contributed by atoms with Crippen molar-refractivity contribution in [3.05, 3.63) is 53.1 Å². The van der Waals surface area contributed by atoms with Crippen LogP contribution in [0.15, 0.2) is 42.5 Å². The second-order valence-corrected chi connectivity index (χ2v) is 8.32. The van der Waals surface area contributed by atoms with Crippen molar-refractivity contribution >= 4 is 38.9 Å². The van der Waals surface area contributed by atoms with Gasteiger partial charge in [-0.3, -0.25) is 9.10 Å². The van der Waals surface area contributed by atoms with Crippen LogP contribution in [0.1, 0.15) is 19.4 Å². The number of rotatable bonds is 7. The van der Waals surface area contributed by atoms with Crippen LogP contribution in [0, 0.1) is 0 Å². The summed E-state index contributed by atoms with van der Waals surface area (Å²) >= 11 is 6.13. The fourth-order valence-corrected chi connectivity index (χ4v) is 4.21. The van der Waals surface area contributed by atoms with E-state index in [0.717, 1.165) is 22.5 Å². The van der Waals surface area contributed by atoms with Gasteiger partial charge in [0.25, 0.3) is 0 Å². The lowest BCUT2D eigenvalue weighted by molar-refractivity contribution is -0.116. The molecule has 0 fully saturated rings. The van der Waals surface area contributed by atoms with Gasteiger partial charge >= 0.3 is 0 Å². The molecule has 2 aromatic carbocycles. The van der Waals surface area contributed by atoms with Crippen LogP contribution in [-0.4, -0.2) is 33.7 Å². The van der Waals surface area contributed by atoms with Gasteiger partial charge in [-0.25, -0.2) is 8.42 Å². The number of carbonyl (C=O) groups is 1. The number of nitrogens with zero attached hydrogens (tertiary/aromatic N) is 1. The summed E-state index contributed by atoms with van der Waals surface area (Å²) in [4.78, 5) is 12.8. The highest BCUT2D eigenvalue weighted by molar-refractivity contribution is 7.92. The summed E-state index contributed by atoms with van der Waals surface area (Å²) in [5.41, 5.74) is 1.92. The molecule has 0 saturated heterocycles. The minimum Gasteiger partial charge on any atom is -0.495 e. The third kappa shape index (κ3) is 4.93. The third-order valence-corrected chi connectivity index (χ3v) is 5.67. The highest BCUT2D eigenvalue weighted by atomic mass is 35.5. The number of ether oxygens (including phenoxy) is 1. The molecule has 146 valence electrons. The van der Waals surface area contributed by atoms with Gasteiger partial charge < -0.3 is 10.1 Å². The molecule has 0 aliphatic heterocycles. The van der Waals surface area contributed by atoms with Crippen molar-refractivity contribution in [1.29, 1.82) is 0 Å². The number of anilines is 2.